The lowest BCUT2D eigenvalue weighted by Gasteiger charge is -2.38. The van der Waals surface area contributed by atoms with Gasteiger partial charge in [0.05, 0.1) is 5.69 Å². The number of thiophene rings is 1. The highest BCUT2D eigenvalue weighted by atomic mass is 32.2. The number of amides is 1. The SMILES string of the molecule is CN(c1ccc(OCC(=O)N2CCN(C3CCCC3)CC2)cc1)S(=O)(=O)c1cccs1. The van der Waals surface area contributed by atoms with E-state index >= 15 is 0 Å². The molecule has 2 aliphatic rings. The Labute approximate surface area is 188 Å². The summed E-state index contributed by atoms with van der Waals surface area (Å²) in [5.74, 6) is 0.538. The molecule has 1 saturated heterocycles. The second-order valence-electron chi connectivity index (χ2n) is 8.04. The zero-order valence-corrected chi connectivity index (χ0v) is 19.4. The van der Waals surface area contributed by atoms with Crippen molar-refractivity contribution in [2.24, 2.45) is 0 Å². The summed E-state index contributed by atoms with van der Waals surface area (Å²) in [5.41, 5.74) is 0.537. The summed E-state index contributed by atoms with van der Waals surface area (Å²) in [4.78, 5) is 16.9. The first kappa shape index (κ1) is 22.1. The molecule has 1 saturated carbocycles. The van der Waals surface area contributed by atoms with Gasteiger partial charge in [-0.25, -0.2) is 8.42 Å². The fourth-order valence-electron chi connectivity index (χ4n) is 4.28. The molecule has 1 aromatic carbocycles. The van der Waals surface area contributed by atoms with Crippen LogP contribution in [-0.4, -0.2) is 70.0 Å². The van der Waals surface area contributed by atoms with E-state index in [4.69, 9.17) is 4.74 Å². The zero-order valence-electron chi connectivity index (χ0n) is 17.8. The lowest BCUT2D eigenvalue weighted by atomic mass is 10.2. The molecule has 7 nitrogen and oxygen atoms in total. The van der Waals surface area contributed by atoms with Crippen LogP contribution in [0.2, 0.25) is 0 Å². The largest absolute Gasteiger partial charge is 0.484 e. The van der Waals surface area contributed by atoms with Crippen molar-refractivity contribution in [3.8, 4) is 5.75 Å². The Balaban J connectivity index is 1.27. The van der Waals surface area contributed by atoms with Gasteiger partial charge in [0.25, 0.3) is 15.9 Å². The van der Waals surface area contributed by atoms with E-state index in [0.717, 1.165) is 26.2 Å². The number of sulfonamides is 1. The number of ether oxygens (including phenoxy) is 1. The Morgan fingerprint density at radius 3 is 2.39 bits per heavy atom. The van der Waals surface area contributed by atoms with Crippen LogP contribution in [-0.2, 0) is 14.8 Å². The van der Waals surface area contributed by atoms with E-state index in [2.05, 4.69) is 4.90 Å². The number of hydrogen-bond acceptors (Lipinski definition) is 6. The number of piperazine rings is 1. The molecule has 2 heterocycles. The molecule has 0 atom stereocenters. The Morgan fingerprint density at radius 1 is 1.10 bits per heavy atom. The minimum absolute atomic E-state index is 0.00691. The van der Waals surface area contributed by atoms with E-state index in [-0.39, 0.29) is 12.5 Å². The molecule has 2 fully saturated rings. The van der Waals surface area contributed by atoms with Gasteiger partial charge in [-0.1, -0.05) is 18.9 Å². The van der Waals surface area contributed by atoms with Gasteiger partial charge in [-0.2, -0.15) is 0 Å². The van der Waals surface area contributed by atoms with Gasteiger partial charge in [0, 0.05) is 39.3 Å². The second-order valence-corrected chi connectivity index (χ2v) is 11.2. The molecule has 1 amide bonds. The molecule has 0 unspecified atom stereocenters. The van der Waals surface area contributed by atoms with Gasteiger partial charge in [-0.05, 0) is 48.6 Å². The molecule has 0 radical (unpaired) electrons. The minimum atomic E-state index is -3.57. The van der Waals surface area contributed by atoms with E-state index in [1.807, 2.05) is 4.90 Å². The van der Waals surface area contributed by atoms with Crippen molar-refractivity contribution >= 4 is 33.0 Å². The second kappa shape index (κ2) is 9.58. The Kier molecular flexibility index (Phi) is 6.83. The first-order valence-electron chi connectivity index (χ1n) is 10.7. The number of carbonyl (C=O) groups is 1. The summed E-state index contributed by atoms with van der Waals surface area (Å²) >= 11 is 1.19. The molecule has 4 rings (SSSR count). The zero-order chi connectivity index (χ0) is 21.8. The van der Waals surface area contributed by atoms with E-state index in [0.29, 0.717) is 21.7 Å². The van der Waals surface area contributed by atoms with Crippen molar-refractivity contribution in [3.05, 3.63) is 41.8 Å². The molecule has 0 spiro atoms. The van der Waals surface area contributed by atoms with Crippen LogP contribution in [0.3, 0.4) is 0 Å². The third-order valence-electron chi connectivity index (χ3n) is 6.18. The van der Waals surface area contributed by atoms with Crippen LogP contribution in [0.15, 0.2) is 46.0 Å². The van der Waals surface area contributed by atoms with Crippen molar-refractivity contribution in [2.45, 2.75) is 35.9 Å². The minimum Gasteiger partial charge on any atom is -0.484 e. The number of hydrogen-bond donors (Lipinski definition) is 0. The van der Waals surface area contributed by atoms with Crippen LogP contribution in [0, 0.1) is 0 Å². The monoisotopic (exact) mass is 463 g/mol. The van der Waals surface area contributed by atoms with Gasteiger partial charge in [0.1, 0.15) is 9.96 Å². The third-order valence-corrected chi connectivity index (χ3v) is 9.34. The molecule has 168 valence electrons. The van der Waals surface area contributed by atoms with E-state index in [9.17, 15) is 13.2 Å². The fraction of sp³-hybridized carbons (Fsp3) is 0.500. The van der Waals surface area contributed by atoms with Crippen LogP contribution in [0.5, 0.6) is 5.75 Å². The van der Waals surface area contributed by atoms with Crippen molar-refractivity contribution in [1.82, 2.24) is 9.80 Å². The summed E-state index contributed by atoms with van der Waals surface area (Å²) in [6, 6.07) is 10.8. The van der Waals surface area contributed by atoms with Gasteiger partial charge in [0.15, 0.2) is 6.61 Å². The highest BCUT2D eigenvalue weighted by Crippen LogP contribution is 2.27. The molecule has 9 heteroatoms. The molecule has 1 aliphatic heterocycles. The number of carbonyl (C=O) groups excluding carboxylic acids is 1. The number of rotatable bonds is 7. The van der Waals surface area contributed by atoms with Crippen LogP contribution >= 0.6 is 11.3 Å². The maximum Gasteiger partial charge on any atom is 0.273 e. The molecular formula is C22H29N3O4S2. The maximum atomic E-state index is 12.6. The third kappa shape index (κ3) is 5.05. The van der Waals surface area contributed by atoms with E-state index in [1.54, 1.807) is 41.8 Å². The van der Waals surface area contributed by atoms with Crippen molar-refractivity contribution in [2.75, 3.05) is 44.1 Å². The van der Waals surface area contributed by atoms with Gasteiger partial charge in [-0.3, -0.25) is 14.0 Å². The van der Waals surface area contributed by atoms with Crippen LogP contribution in [0.4, 0.5) is 5.69 Å². The van der Waals surface area contributed by atoms with E-state index in [1.165, 1.54) is 48.4 Å². The summed E-state index contributed by atoms with van der Waals surface area (Å²) in [7, 11) is -2.04. The highest BCUT2D eigenvalue weighted by Gasteiger charge is 2.28. The number of anilines is 1. The van der Waals surface area contributed by atoms with Gasteiger partial charge >= 0.3 is 0 Å². The maximum absolute atomic E-state index is 12.6. The molecular weight excluding hydrogens is 434 g/mol. The van der Waals surface area contributed by atoms with Crippen LogP contribution < -0.4 is 9.04 Å². The summed E-state index contributed by atoms with van der Waals surface area (Å²) < 4.78 is 32.5. The summed E-state index contributed by atoms with van der Waals surface area (Å²) in [5, 5.41) is 1.74. The van der Waals surface area contributed by atoms with Crippen molar-refractivity contribution < 1.29 is 17.9 Å². The van der Waals surface area contributed by atoms with Crippen molar-refractivity contribution in [3.63, 3.8) is 0 Å². The van der Waals surface area contributed by atoms with E-state index < -0.39 is 10.0 Å². The van der Waals surface area contributed by atoms with Gasteiger partial charge in [0.2, 0.25) is 0 Å². The molecule has 31 heavy (non-hydrogen) atoms. The van der Waals surface area contributed by atoms with Crippen LogP contribution in [0.25, 0.3) is 0 Å². The lowest BCUT2D eigenvalue weighted by molar-refractivity contribution is -0.135. The molecule has 0 bridgehead atoms. The van der Waals surface area contributed by atoms with Crippen molar-refractivity contribution in [1.29, 1.82) is 0 Å². The number of benzene rings is 1. The van der Waals surface area contributed by atoms with Crippen LogP contribution in [0.1, 0.15) is 25.7 Å². The first-order valence-corrected chi connectivity index (χ1v) is 13.0. The highest BCUT2D eigenvalue weighted by molar-refractivity contribution is 7.94. The predicted octanol–water partition coefficient (Wildman–Crippen LogP) is 3.04. The molecule has 1 aliphatic carbocycles. The Morgan fingerprint density at radius 2 is 1.77 bits per heavy atom. The molecule has 0 N–H and O–H groups in total. The number of nitrogens with zero attached hydrogens (tertiary/aromatic N) is 3. The first-order chi connectivity index (χ1) is 14.9. The predicted molar refractivity (Wildman–Crippen MR) is 122 cm³/mol. The quantitative estimate of drug-likeness (QED) is 0.631. The normalized spacial score (nSPS) is 18.3. The molecule has 2 aromatic rings. The summed E-state index contributed by atoms with van der Waals surface area (Å²) in [6.45, 7) is 3.38. The average Bonchev–Trinajstić information content (AvgIpc) is 3.52. The Hall–Kier alpha value is -2.10. The Bertz CT molecular complexity index is 963. The summed E-state index contributed by atoms with van der Waals surface area (Å²) in [6.07, 6.45) is 5.23. The van der Waals surface area contributed by atoms with Gasteiger partial charge < -0.3 is 9.64 Å². The fourth-order valence-corrected chi connectivity index (χ4v) is 6.64. The lowest BCUT2D eigenvalue weighted by Crippen LogP contribution is -2.52. The average molecular weight is 464 g/mol. The smallest absolute Gasteiger partial charge is 0.273 e. The molecule has 1 aromatic heterocycles. The topological polar surface area (TPSA) is 70.2 Å². The van der Waals surface area contributed by atoms with Gasteiger partial charge in [-0.15, -0.1) is 11.3 Å². The standard InChI is InChI=1S/C22H29N3O4S2/c1-23(31(27,28)22-7-4-16-30-22)18-8-10-20(11-9-18)29-17-21(26)25-14-12-24(13-15-25)19-5-2-3-6-19/h4,7-11,16,19H,2-3,5-6,12-15,17H2,1H3.